The molecule has 0 radical (unpaired) electrons. The number of rotatable bonds is 8. The quantitative estimate of drug-likeness (QED) is 0.761. The van der Waals surface area contributed by atoms with Gasteiger partial charge in [-0.3, -0.25) is 4.72 Å². The lowest BCUT2D eigenvalue weighted by atomic mass is 10.1. The van der Waals surface area contributed by atoms with Crippen molar-refractivity contribution in [3.63, 3.8) is 0 Å². The smallest absolute Gasteiger partial charge is 0.301 e. The highest BCUT2D eigenvalue weighted by atomic mass is 32.2. The van der Waals surface area contributed by atoms with Crippen LogP contribution in [0.4, 0.5) is 5.69 Å². The van der Waals surface area contributed by atoms with Crippen LogP contribution >= 0.6 is 0 Å². The van der Waals surface area contributed by atoms with Gasteiger partial charge in [0.1, 0.15) is 0 Å². The molecule has 0 fully saturated rings. The molecule has 0 saturated heterocycles. The van der Waals surface area contributed by atoms with Gasteiger partial charge in [0.25, 0.3) is 0 Å². The van der Waals surface area contributed by atoms with Crippen molar-refractivity contribution in [1.82, 2.24) is 4.31 Å². The molecule has 1 rings (SSSR count). The first-order valence-corrected chi connectivity index (χ1v) is 7.97. The summed E-state index contributed by atoms with van der Waals surface area (Å²) in [6.45, 7) is 2.96. The summed E-state index contributed by atoms with van der Waals surface area (Å²) < 4.78 is 28.2. The summed E-state index contributed by atoms with van der Waals surface area (Å²) in [6.07, 6.45) is 2.47. The minimum atomic E-state index is -3.50. The van der Waals surface area contributed by atoms with Crippen LogP contribution in [0.2, 0.25) is 0 Å². The van der Waals surface area contributed by atoms with Gasteiger partial charge in [-0.25, -0.2) is 0 Å². The van der Waals surface area contributed by atoms with Gasteiger partial charge in [-0.15, -0.1) is 0 Å². The average molecular weight is 285 g/mol. The van der Waals surface area contributed by atoms with E-state index in [9.17, 15) is 8.42 Å². The molecule has 108 valence electrons. The summed E-state index contributed by atoms with van der Waals surface area (Å²) in [7, 11) is -1.94. The molecular weight excluding hydrogens is 262 g/mol. The summed E-state index contributed by atoms with van der Waals surface area (Å²) in [5, 5.41) is 0. The lowest BCUT2D eigenvalue weighted by Crippen LogP contribution is -2.34. The molecule has 0 saturated carbocycles. The fourth-order valence-corrected chi connectivity index (χ4v) is 2.76. The average Bonchev–Trinajstić information content (AvgIpc) is 2.38. The van der Waals surface area contributed by atoms with Crippen molar-refractivity contribution in [3.8, 4) is 0 Å². The second-order valence-corrected chi connectivity index (χ2v) is 6.26. The second kappa shape index (κ2) is 7.47. The van der Waals surface area contributed by atoms with Crippen LogP contribution in [0, 0.1) is 0 Å². The molecule has 1 aromatic carbocycles. The third-order valence-corrected chi connectivity index (χ3v) is 4.34. The zero-order valence-electron chi connectivity index (χ0n) is 11.6. The van der Waals surface area contributed by atoms with Crippen molar-refractivity contribution in [2.75, 3.05) is 24.9 Å². The highest BCUT2D eigenvalue weighted by Crippen LogP contribution is 2.19. The Kier molecular flexibility index (Phi) is 6.27. The first-order valence-electron chi connectivity index (χ1n) is 6.53. The fourth-order valence-electron chi connectivity index (χ4n) is 1.76. The number of hydrogen-bond acceptors (Lipinski definition) is 3. The molecule has 6 heteroatoms. The molecule has 1 aromatic rings. The van der Waals surface area contributed by atoms with Crippen molar-refractivity contribution >= 4 is 15.9 Å². The maximum absolute atomic E-state index is 12.1. The van der Waals surface area contributed by atoms with Crippen LogP contribution in [0.1, 0.15) is 25.3 Å². The van der Waals surface area contributed by atoms with Gasteiger partial charge in [0.15, 0.2) is 0 Å². The maximum Gasteiger partial charge on any atom is 0.301 e. The Hall–Kier alpha value is -1.11. The number of aryl methyl sites for hydroxylation is 1. The highest BCUT2D eigenvalue weighted by Gasteiger charge is 2.17. The summed E-state index contributed by atoms with van der Waals surface area (Å²) in [6, 6.07) is 7.48. The van der Waals surface area contributed by atoms with Crippen LogP contribution in [0.25, 0.3) is 0 Å². The number of nitrogens with one attached hydrogen (secondary N) is 1. The molecule has 0 heterocycles. The molecule has 0 aliphatic rings. The maximum atomic E-state index is 12.1. The zero-order chi connectivity index (χ0) is 14.3. The summed E-state index contributed by atoms with van der Waals surface area (Å²) in [5.41, 5.74) is 7.07. The number of nitrogens with zero attached hydrogens (tertiary/aromatic N) is 1. The van der Waals surface area contributed by atoms with E-state index >= 15 is 0 Å². The van der Waals surface area contributed by atoms with Crippen LogP contribution in [0.5, 0.6) is 0 Å². The molecule has 0 atom stereocenters. The van der Waals surface area contributed by atoms with E-state index < -0.39 is 10.2 Å². The minimum Gasteiger partial charge on any atom is -0.330 e. The van der Waals surface area contributed by atoms with Gasteiger partial charge in [-0.1, -0.05) is 31.5 Å². The van der Waals surface area contributed by atoms with E-state index in [1.165, 1.54) is 4.31 Å². The van der Waals surface area contributed by atoms with Crippen LogP contribution < -0.4 is 10.5 Å². The Balaban J connectivity index is 2.83. The fraction of sp³-hybridized carbons (Fsp3) is 0.538. The van der Waals surface area contributed by atoms with Gasteiger partial charge < -0.3 is 5.73 Å². The normalized spacial score (nSPS) is 11.8. The first-order chi connectivity index (χ1) is 9.01. The largest absolute Gasteiger partial charge is 0.330 e. The molecule has 0 unspecified atom stereocenters. The van der Waals surface area contributed by atoms with Gasteiger partial charge in [-0.2, -0.15) is 12.7 Å². The van der Waals surface area contributed by atoms with Crippen LogP contribution in [0.3, 0.4) is 0 Å². The highest BCUT2D eigenvalue weighted by molar-refractivity contribution is 7.90. The van der Waals surface area contributed by atoms with Crippen molar-refractivity contribution in [3.05, 3.63) is 29.8 Å². The molecule has 3 N–H and O–H groups in total. The SMILES string of the molecule is CCCc1ccccc1NS(=O)(=O)N(C)CCCN. The van der Waals surface area contributed by atoms with Crippen molar-refractivity contribution in [2.24, 2.45) is 5.73 Å². The van der Waals surface area contributed by atoms with Crippen molar-refractivity contribution in [1.29, 1.82) is 0 Å². The van der Waals surface area contributed by atoms with Gasteiger partial charge in [0, 0.05) is 13.6 Å². The number of hydrogen-bond donors (Lipinski definition) is 2. The Morgan fingerprint density at radius 1 is 1.32 bits per heavy atom. The zero-order valence-corrected chi connectivity index (χ0v) is 12.4. The summed E-state index contributed by atoms with van der Waals surface area (Å²) in [5.74, 6) is 0. The molecule has 5 nitrogen and oxygen atoms in total. The van der Waals surface area contributed by atoms with Crippen molar-refractivity contribution in [2.45, 2.75) is 26.2 Å². The van der Waals surface area contributed by atoms with Gasteiger partial charge in [-0.05, 0) is 31.0 Å². The van der Waals surface area contributed by atoms with E-state index in [0.717, 1.165) is 18.4 Å². The Bertz CT molecular complexity index is 488. The first kappa shape index (κ1) is 15.9. The molecule has 0 aromatic heterocycles. The van der Waals surface area contributed by atoms with Gasteiger partial charge in [0.05, 0.1) is 5.69 Å². The lowest BCUT2D eigenvalue weighted by molar-refractivity contribution is 0.468. The molecule has 0 aliphatic heterocycles. The van der Waals surface area contributed by atoms with E-state index in [0.29, 0.717) is 25.2 Å². The van der Waals surface area contributed by atoms with Crippen molar-refractivity contribution < 1.29 is 8.42 Å². The summed E-state index contributed by atoms with van der Waals surface area (Å²) in [4.78, 5) is 0. The molecule has 0 spiro atoms. The van der Waals surface area contributed by atoms with Gasteiger partial charge in [0.2, 0.25) is 0 Å². The standard InChI is InChI=1S/C13H23N3O2S/c1-3-7-12-8-4-5-9-13(12)15-19(17,18)16(2)11-6-10-14/h4-5,8-9,15H,3,6-7,10-11,14H2,1-2H3. The Morgan fingerprint density at radius 2 is 2.00 bits per heavy atom. The third kappa shape index (κ3) is 4.81. The van der Waals surface area contributed by atoms with Crippen LogP contribution in [-0.4, -0.2) is 32.9 Å². The van der Waals surface area contributed by atoms with Crippen LogP contribution in [0.15, 0.2) is 24.3 Å². The summed E-state index contributed by atoms with van der Waals surface area (Å²) >= 11 is 0. The number of para-hydroxylation sites is 1. The third-order valence-electron chi connectivity index (χ3n) is 2.86. The molecule has 0 amide bonds. The van der Waals surface area contributed by atoms with E-state index in [2.05, 4.69) is 11.6 Å². The topological polar surface area (TPSA) is 75.4 Å². The van der Waals surface area contributed by atoms with Gasteiger partial charge >= 0.3 is 10.2 Å². The second-order valence-electron chi connectivity index (χ2n) is 4.48. The van der Waals surface area contributed by atoms with E-state index in [1.807, 2.05) is 18.2 Å². The molecular formula is C13H23N3O2S. The van der Waals surface area contributed by atoms with Crippen LogP contribution in [-0.2, 0) is 16.6 Å². The molecule has 0 bridgehead atoms. The predicted octanol–water partition coefficient (Wildman–Crippen LogP) is 1.58. The molecule has 19 heavy (non-hydrogen) atoms. The Labute approximate surface area is 116 Å². The number of nitrogens with two attached hydrogens (primary N) is 1. The Morgan fingerprint density at radius 3 is 2.63 bits per heavy atom. The number of benzene rings is 1. The monoisotopic (exact) mass is 285 g/mol. The lowest BCUT2D eigenvalue weighted by Gasteiger charge is -2.19. The van der Waals surface area contributed by atoms with E-state index in [4.69, 9.17) is 5.73 Å². The minimum absolute atomic E-state index is 0.418. The predicted molar refractivity (Wildman–Crippen MR) is 79.3 cm³/mol. The number of anilines is 1. The van der Waals surface area contributed by atoms with E-state index in [-0.39, 0.29) is 0 Å². The molecule has 0 aliphatic carbocycles. The van der Waals surface area contributed by atoms with E-state index in [1.54, 1.807) is 13.1 Å².